The second-order valence-corrected chi connectivity index (χ2v) is 5.86. The van der Waals surface area contributed by atoms with Crippen LogP contribution in [-0.2, 0) is 0 Å². The number of nitrogens with two attached hydrogens (primary N) is 1. The number of pyridine rings is 1. The first-order chi connectivity index (χ1) is 13.6. The van der Waals surface area contributed by atoms with Crippen LogP contribution in [0.2, 0.25) is 0 Å². The van der Waals surface area contributed by atoms with E-state index < -0.39 is 73.0 Å². The summed E-state index contributed by atoms with van der Waals surface area (Å²) in [7, 11) is 1.18. The molecule has 3 rings (SSSR count). The van der Waals surface area contributed by atoms with E-state index >= 15 is 0 Å². The average molecular weight is 408 g/mol. The Labute approximate surface area is 158 Å². The van der Waals surface area contributed by atoms with E-state index in [4.69, 9.17) is 5.73 Å². The minimum atomic E-state index is -1.73. The van der Waals surface area contributed by atoms with Crippen molar-refractivity contribution in [3.05, 3.63) is 67.7 Å². The zero-order chi connectivity index (χ0) is 21.6. The number of hydrogen-bond donors (Lipinski definition) is 3. The molecular formula is C17H11F3N4O5. The summed E-state index contributed by atoms with van der Waals surface area (Å²) in [6.45, 7) is 0. The maximum absolute atomic E-state index is 14.5. The Hall–Kier alpha value is -4.09. The van der Waals surface area contributed by atoms with E-state index in [2.05, 4.69) is 5.32 Å². The van der Waals surface area contributed by atoms with Crippen LogP contribution in [0.4, 0.5) is 30.2 Å². The fourth-order valence-corrected chi connectivity index (χ4v) is 2.94. The van der Waals surface area contributed by atoms with Crippen molar-refractivity contribution in [3.8, 4) is 5.69 Å². The summed E-state index contributed by atoms with van der Waals surface area (Å²) < 4.78 is 43.1. The number of rotatable bonds is 4. The van der Waals surface area contributed by atoms with Crippen LogP contribution in [0.5, 0.6) is 0 Å². The average Bonchev–Trinajstić information content (AvgIpc) is 2.64. The molecule has 29 heavy (non-hydrogen) atoms. The number of carbonyl (C=O) groups is 1. The number of nitrogen functional groups attached to an aromatic ring is 1. The van der Waals surface area contributed by atoms with Crippen molar-refractivity contribution in [3.63, 3.8) is 0 Å². The van der Waals surface area contributed by atoms with Crippen molar-refractivity contribution in [1.82, 2.24) is 4.57 Å². The number of benzene rings is 2. The second kappa shape index (κ2) is 6.82. The third-order valence-corrected chi connectivity index (χ3v) is 4.20. The van der Waals surface area contributed by atoms with Crippen LogP contribution >= 0.6 is 0 Å². The molecule has 0 bridgehead atoms. The molecule has 150 valence electrons. The molecule has 3 aromatic rings. The first kappa shape index (κ1) is 19.7. The van der Waals surface area contributed by atoms with Crippen LogP contribution in [0.1, 0.15) is 10.4 Å². The minimum absolute atomic E-state index is 0.392. The molecule has 0 fully saturated rings. The standard InChI is InChI=1S/C17H11F3N4O5/c1-22-13-10(20)2-6-14(15(13)24(28)29)23(5-7(16(6)25)17(26)27)12-4-11(21)8(18)3-9(12)19/h2-5,22H,21H2,1H3,(H,26,27). The number of nitro groups is 1. The van der Waals surface area contributed by atoms with Crippen molar-refractivity contribution >= 4 is 33.9 Å². The van der Waals surface area contributed by atoms with Crippen LogP contribution in [0, 0.1) is 27.6 Å². The fraction of sp³-hybridized carbons (Fsp3) is 0.0588. The van der Waals surface area contributed by atoms with Gasteiger partial charge in [0.05, 0.1) is 21.7 Å². The van der Waals surface area contributed by atoms with Gasteiger partial charge < -0.3 is 20.7 Å². The van der Waals surface area contributed by atoms with Gasteiger partial charge in [0.2, 0.25) is 5.43 Å². The Bertz CT molecular complexity index is 1270. The lowest BCUT2D eigenvalue weighted by Gasteiger charge is -2.16. The number of anilines is 2. The summed E-state index contributed by atoms with van der Waals surface area (Å²) in [6.07, 6.45) is 0.632. The molecule has 1 aromatic heterocycles. The SMILES string of the molecule is CNc1c(F)cc2c(=O)c(C(=O)O)cn(-c3cc(N)c(F)cc3F)c2c1[N+](=O)[O-]. The lowest BCUT2D eigenvalue weighted by Crippen LogP contribution is -2.20. The number of carboxylic acid groups (broad SMARTS) is 1. The number of halogens is 3. The molecule has 0 radical (unpaired) electrons. The predicted molar refractivity (Wildman–Crippen MR) is 97.0 cm³/mol. The van der Waals surface area contributed by atoms with Gasteiger partial charge >= 0.3 is 11.7 Å². The highest BCUT2D eigenvalue weighted by Gasteiger charge is 2.29. The molecule has 1 heterocycles. The number of fused-ring (bicyclic) bond motifs is 1. The van der Waals surface area contributed by atoms with E-state index in [0.717, 1.165) is 6.07 Å². The predicted octanol–water partition coefficient (Wildman–Crippen LogP) is 2.64. The zero-order valence-electron chi connectivity index (χ0n) is 14.5. The topological polar surface area (TPSA) is 140 Å². The smallest absolute Gasteiger partial charge is 0.341 e. The maximum atomic E-state index is 14.5. The van der Waals surface area contributed by atoms with Crippen molar-refractivity contribution < 1.29 is 28.0 Å². The molecule has 12 heteroatoms. The van der Waals surface area contributed by atoms with Crippen molar-refractivity contribution in [2.45, 2.75) is 0 Å². The summed E-state index contributed by atoms with van der Waals surface area (Å²) >= 11 is 0. The summed E-state index contributed by atoms with van der Waals surface area (Å²) in [6, 6.07) is 1.76. The first-order valence-electron chi connectivity index (χ1n) is 7.80. The number of nitrogens with zero attached hydrogens (tertiary/aromatic N) is 2. The Morgan fingerprint density at radius 2 is 1.86 bits per heavy atom. The maximum Gasteiger partial charge on any atom is 0.341 e. The van der Waals surface area contributed by atoms with E-state index in [1.165, 1.54) is 7.05 Å². The van der Waals surface area contributed by atoms with E-state index in [1.807, 2.05) is 0 Å². The van der Waals surface area contributed by atoms with Gasteiger partial charge in [-0.1, -0.05) is 0 Å². The number of nitrogens with one attached hydrogen (secondary N) is 1. The van der Waals surface area contributed by atoms with Gasteiger partial charge in [0, 0.05) is 19.3 Å². The lowest BCUT2D eigenvalue weighted by atomic mass is 10.1. The van der Waals surface area contributed by atoms with Crippen LogP contribution in [0.3, 0.4) is 0 Å². The van der Waals surface area contributed by atoms with Gasteiger partial charge in [-0.25, -0.2) is 18.0 Å². The quantitative estimate of drug-likeness (QED) is 0.342. The van der Waals surface area contributed by atoms with Crippen LogP contribution in [0.25, 0.3) is 16.6 Å². The largest absolute Gasteiger partial charge is 0.477 e. The van der Waals surface area contributed by atoms with E-state index in [0.29, 0.717) is 22.9 Å². The molecule has 0 spiro atoms. The summed E-state index contributed by atoms with van der Waals surface area (Å²) in [5.74, 6) is -5.30. The normalized spacial score (nSPS) is 10.9. The molecule has 9 nitrogen and oxygen atoms in total. The minimum Gasteiger partial charge on any atom is -0.477 e. The number of carboxylic acids is 1. The molecule has 4 N–H and O–H groups in total. The van der Waals surface area contributed by atoms with E-state index in [9.17, 15) is 38.0 Å². The Morgan fingerprint density at radius 3 is 2.41 bits per heavy atom. The first-order valence-corrected chi connectivity index (χ1v) is 7.80. The highest BCUT2D eigenvalue weighted by molar-refractivity contribution is 5.99. The van der Waals surface area contributed by atoms with Crippen LogP contribution < -0.4 is 16.5 Å². The lowest BCUT2D eigenvalue weighted by molar-refractivity contribution is -0.382. The van der Waals surface area contributed by atoms with Crippen molar-refractivity contribution in [2.24, 2.45) is 0 Å². The van der Waals surface area contributed by atoms with Gasteiger partial charge in [-0.3, -0.25) is 14.9 Å². The summed E-state index contributed by atoms with van der Waals surface area (Å²) in [5, 5.41) is 22.5. The molecule has 2 aromatic carbocycles. The Kier molecular flexibility index (Phi) is 4.62. The summed E-state index contributed by atoms with van der Waals surface area (Å²) in [4.78, 5) is 34.6. The highest BCUT2D eigenvalue weighted by Crippen LogP contribution is 2.37. The van der Waals surface area contributed by atoms with E-state index in [1.54, 1.807) is 0 Å². The van der Waals surface area contributed by atoms with Gasteiger partial charge in [-0.15, -0.1) is 0 Å². The highest BCUT2D eigenvalue weighted by atomic mass is 19.1. The van der Waals surface area contributed by atoms with E-state index in [-0.39, 0.29) is 0 Å². The van der Waals surface area contributed by atoms with Gasteiger partial charge in [0.25, 0.3) is 0 Å². The fourth-order valence-electron chi connectivity index (χ4n) is 2.94. The monoisotopic (exact) mass is 408 g/mol. The zero-order valence-corrected chi connectivity index (χ0v) is 14.5. The number of aromatic nitrogens is 1. The Balaban J connectivity index is 2.67. The molecule has 0 atom stereocenters. The molecule has 0 amide bonds. The van der Waals surface area contributed by atoms with Gasteiger partial charge in [0.15, 0.2) is 11.5 Å². The van der Waals surface area contributed by atoms with Crippen molar-refractivity contribution in [2.75, 3.05) is 18.1 Å². The molecule has 0 aliphatic heterocycles. The number of nitro benzene ring substituents is 1. The van der Waals surface area contributed by atoms with Gasteiger partial charge in [-0.05, 0) is 12.1 Å². The molecule has 0 aliphatic rings. The molecule has 0 aliphatic carbocycles. The third kappa shape index (κ3) is 2.99. The number of hydrogen-bond acceptors (Lipinski definition) is 6. The summed E-state index contributed by atoms with van der Waals surface area (Å²) in [5.41, 5.74) is 0.0349. The number of aromatic carboxylic acids is 1. The second-order valence-electron chi connectivity index (χ2n) is 5.86. The van der Waals surface area contributed by atoms with Crippen LogP contribution in [0.15, 0.2) is 29.2 Å². The van der Waals surface area contributed by atoms with Gasteiger partial charge in [0.1, 0.15) is 22.7 Å². The molecule has 0 saturated carbocycles. The van der Waals surface area contributed by atoms with Gasteiger partial charge in [-0.2, -0.15) is 0 Å². The Morgan fingerprint density at radius 1 is 1.21 bits per heavy atom. The molecule has 0 unspecified atom stereocenters. The van der Waals surface area contributed by atoms with Crippen molar-refractivity contribution in [1.29, 1.82) is 0 Å². The molecular weight excluding hydrogens is 397 g/mol. The van der Waals surface area contributed by atoms with Crippen LogP contribution in [-0.4, -0.2) is 27.6 Å². The third-order valence-electron chi connectivity index (χ3n) is 4.20. The molecule has 0 saturated heterocycles.